The van der Waals surface area contributed by atoms with Gasteiger partial charge >= 0.3 is 0 Å². The molecule has 2 heterocycles. The van der Waals surface area contributed by atoms with E-state index in [0.717, 1.165) is 22.9 Å². The molecule has 0 saturated carbocycles. The summed E-state index contributed by atoms with van der Waals surface area (Å²) in [6.45, 7) is 0.613. The summed E-state index contributed by atoms with van der Waals surface area (Å²) in [6.07, 6.45) is 1.70. The molecule has 0 spiro atoms. The quantitative estimate of drug-likeness (QED) is 0.411. The van der Waals surface area contributed by atoms with Gasteiger partial charge in [0.25, 0.3) is 11.1 Å². The Morgan fingerprint density at radius 1 is 1.00 bits per heavy atom. The average Bonchev–Trinajstić information content (AvgIpc) is 3.38. The summed E-state index contributed by atoms with van der Waals surface area (Å²) in [7, 11) is 0. The average molecular weight is 480 g/mol. The molecule has 5 rings (SSSR count). The number of imide groups is 1. The molecule has 0 atom stereocenters. The van der Waals surface area contributed by atoms with Crippen molar-refractivity contribution >= 4 is 40.6 Å². The monoisotopic (exact) mass is 479 g/mol. The number of fused-ring (bicyclic) bond motifs is 1. The van der Waals surface area contributed by atoms with Crippen LogP contribution in [0.2, 0.25) is 5.02 Å². The highest BCUT2D eigenvalue weighted by atomic mass is 35.5. The standard InChI is InChI=1S/C25H18ClNO5S/c26-20-12-22-21(31-15-32-22)11-18(20)13-27-24(28)23(33-25(27)29)10-17-7-4-8-19(9-17)30-14-16-5-2-1-3-6-16/h1-12H,13-15H2/b23-10+. The number of thioether (sulfide) groups is 1. The van der Waals surface area contributed by atoms with E-state index in [2.05, 4.69) is 0 Å². The van der Waals surface area contributed by atoms with E-state index in [1.54, 1.807) is 18.2 Å². The lowest BCUT2D eigenvalue weighted by molar-refractivity contribution is -0.123. The Bertz CT molecular complexity index is 1260. The molecule has 0 N–H and O–H groups in total. The molecule has 166 valence electrons. The van der Waals surface area contributed by atoms with Crippen LogP contribution in [-0.2, 0) is 17.9 Å². The Morgan fingerprint density at radius 3 is 2.61 bits per heavy atom. The predicted molar refractivity (Wildman–Crippen MR) is 126 cm³/mol. The van der Waals surface area contributed by atoms with E-state index < -0.39 is 0 Å². The van der Waals surface area contributed by atoms with Gasteiger partial charge in [0.2, 0.25) is 6.79 Å². The number of carbonyl (C=O) groups is 2. The maximum Gasteiger partial charge on any atom is 0.293 e. The van der Waals surface area contributed by atoms with Crippen molar-refractivity contribution in [3.63, 3.8) is 0 Å². The Kier molecular flexibility index (Phi) is 5.98. The number of hydrogen-bond acceptors (Lipinski definition) is 6. The Morgan fingerprint density at radius 2 is 1.79 bits per heavy atom. The van der Waals surface area contributed by atoms with E-state index in [9.17, 15) is 9.59 Å². The van der Waals surface area contributed by atoms with Crippen LogP contribution >= 0.6 is 23.4 Å². The fourth-order valence-corrected chi connectivity index (χ4v) is 4.53. The first-order valence-electron chi connectivity index (χ1n) is 10.2. The summed E-state index contributed by atoms with van der Waals surface area (Å²) >= 11 is 7.22. The highest BCUT2D eigenvalue weighted by Crippen LogP contribution is 2.39. The number of amides is 2. The van der Waals surface area contributed by atoms with Crippen LogP contribution in [0, 0.1) is 0 Å². The number of ether oxygens (including phenoxy) is 3. The predicted octanol–water partition coefficient (Wildman–Crippen LogP) is 5.88. The molecule has 2 amide bonds. The molecule has 0 aromatic heterocycles. The second-order valence-corrected chi connectivity index (χ2v) is 8.81. The normalized spacial score (nSPS) is 16.0. The molecule has 0 unspecified atom stereocenters. The van der Waals surface area contributed by atoms with Gasteiger partial charge in [0, 0.05) is 11.1 Å². The molecule has 3 aromatic carbocycles. The van der Waals surface area contributed by atoms with Crippen LogP contribution < -0.4 is 14.2 Å². The lowest BCUT2D eigenvalue weighted by atomic mass is 10.1. The number of nitrogens with zero attached hydrogens (tertiary/aromatic N) is 1. The molecule has 3 aromatic rings. The molecular weight excluding hydrogens is 462 g/mol. The van der Waals surface area contributed by atoms with Crippen molar-refractivity contribution in [3.8, 4) is 17.2 Å². The van der Waals surface area contributed by atoms with Gasteiger partial charge in [-0.1, -0.05) is 54.1 Å². The van der Waals surface area contributed by atoms with Crippen molar-refractivity contribution in [1.82, 2.24) is 4.90 Å². The van der Waals surface area contributed by atoms with Gasteiger partial charge in [-0.25, -0.2) is 0 Å². The van der Waals surface area contributed by atoms with Crippen LogP contribution in [0.5, 0.6) is 17.2 Å². The van der Waals surface area contributed by atoms with Crippen molar-refractivity contribution in [2.45, 2.75) is 13.2 Å². The summed E-state index contributed by atoms with van der Waals surface area (Å²) in [4.78, 5) is 27.0. The fraction of sp³-hybridized carbons (Fsp3) is 0.120. The Labute approximate surface area is 199 Å². The first-order valence-corrected chi connectivity index (χ1v) is 11.4. The molecule has 0 radical (unpaired) electrons. The fourth-order valence-electron chi connectivity index (χ4n) is 3.47. The summed E-state index contributed by atoms with van der Waals surface area (Å²) in [5, 5.41) is 0.0574. The molecule has 2 aliphatic rings. The van der Waals surface area contributed by atoms with Crippen LogP contribution in [-0.4, -0.2) is 22.8 Å². The van der Waals surface area contributed by atoms with Crippen LogP contribution in [0.4, 0.5) is 4.79 Å². The molecule has 0 bridgehead atoms. The minimum atomic E-state index is -0.366. The third-order valence-electron chi connectivity index (χ3n) is 5.15. The minimum absolute atomic E-state index is 0.0533. The van der Waals surface area contributed by atoms with Gasteiger partial charge in [0.1, 0.15) is 12.4 Å². The molecule has 0 aliphatic carbocycles. The largest absolute Gasteiger partial charge is 0.489 e. The zero-order valence-corrected chi connectivity index (χ0v) is 18.9. The van der Waals surface area contributed by atoms with E-state index in [1.165, 1.54) is 4.90 Å². The van der Waals surface area contributed by atoms with Crippen molar-refractivity contribution < 1.29 is 23.8 Å². The minimum Gasteiger partial charge on any atom is -0.489 e. The first kappa shape index (κ1) is 21.4. The molecular formula is C25H18ClNO5S. The van der Waals surface area contributed by atoms with Gasteiger partial charge in [-0.05, 0) is 52.7 Å². The van der Waals surface area contributed by atoms with Crippen LogP contribution in [0.3, 0.4) is 0 Å². The van der Waals surface area contributed by atoms with E-state index in [-0.39, 0.29) is 24.5 Å². The molecule has 8 heteroatoms. The van der Waals surface area contributed by atoms with Gasteiger partial charge in [0.15, 0.2) is 11.5 Å². The van der Waals surface area contributed by atoms with Crippen molar-refractivity contribution in [2.24, 2.45) is 0 Å². The third kappa shape index (κ3) is 4.69. The first-order chi connectivity index (χ1) is 16.1. The second kappa shape index (κ2) is 9.21. The van der Waals surface area contributed by atoms with Crippen molar-refractivity contribution in [1.29, 1.82) is 0 Å². The van der Waals surface area contributed by atoms with Gasteiger partial charge < -0.3 is 14.2 Å². The number of halogens is 1. The maximum atomic E-state index is 13.0. The van der Waals surface area contributed by atoms with E-state index in [1.807, 2.05) is 54.6 Å². The highest BCUT2D eigenvalue weighted by molar-refractivity contribution is 8.18. The maximum absolute atomic E-state index is 13.0. The lowest BCUT2D eigenvalue weighted by Crippen LogP contribution is -2.27. The zero-order chi connectivity index (χ0) is 22.8. The third-order valence-corrected chi connectivity index (χ3v) is 6.41. The molecule has 1 saturated heterocycles. The van der Waals surface area contributed by atoms with E-state index in [4.69, 9.17) is 25.8 Å². The van der Waals surface area contributed by atoms with Gasteiger partial charge in [-0.3, -0.25) is 14.5 Å². The topological polar surface area (TPSA) is 65.1 Å². The summed E-state index contributed by atoms with van der Waals surface area (Å²) in [6, 6.07) is 20.6. The molecule has 1 fully saturated rings. The highest BCUT2D eigenvalue weighted by Gasteiger charge is 2.35. The molecule has 6 nitrogen and oxygen atoms in total. The second-order valence-electron chi connectivity index (χ2n) is 7.41. The summed E-state index contributed by atoms with van der Waals surface area (Å²) in [5.74, 6) is 1.41. The Hall–Kier alpha value is -3.42. The van der Waals surface area contributed by atoms with Gasteiger partial charge in [0.05, 0.1) is 11.4 Å². The van der Waals surface area contributed by atoms with Gasteiger partial charge in [-0.2, -0.15) is 0 Å². The number of benzene rings is 3. The smallest absolute Gasteiger partial charge is 0.293 e. The number of rotatable bonds is 6. The van der Waals surface area contributed by atoms with Gasteiger partial charge in [-0.15, -0.1) is 0 Å². The van der Waals surface area contributed by atoms with E-state index in [0.29, 0.717) is 39.3 Å². The van der Waals surface area contributed by atoms with Crippen LogP contribution in [0.25, 0.3) is 6.08 Å². The lowest BCUT2D eigenvalue weighted by Gasteiger charge is -2.14. The molecule has 33 heavy (non-hydrogen) atoms. The van der Waals surface area contributed by atoms with Crippen molar-refractivity contribution in [3.05, 3.63) is 93.3 Å². The van der Waals surface area contributed by atoms with Crippen LogP contribution in [0.15, 0.2) is 71.6 Å². The van der Waals surface area contributed by atoms with Crippen LogP contribution in [0.1, 0.15) is 16.7 Å². The summed E-state index contributed by atoms with van der Waals surface area (Å²) < 4.78 is 16.5. The van der Waals surface area contributed by atoms with E-state index >= 15 is 0 Å². The summed E-state index contributed by atoms with van der Waals surface area (Å²) in [5.41, 5.74) is 2.44. The zero-order valence-electron chi connectivity index (χ0n) is 17.3. The van der Waals surface area contributed by atoms with Crippen molar-refractivity contribution in [2.75, 3.05) is 6.79 Å². The number of carbonyl (C=O) groups excluding carboxylic acids is 2. The molecule has 2 aliphatic heterocycles. The number of hydrogen-bond donors (Lipinski definition) is 0. The Balaban J connectivity index is 1.30. The SMILES string of the molecule is O=C1S/C(=C/c2cccc(OCc3ccccc3)c2)C(=O)N1Cc1cc2c(cc1Cl)OCO2.